The normalized spacial score (nSPS) is 14.1. The highest BCUT2D eigenvalue weighted by atomic mass is 16.6. The van der Waals surface area contributed by atoms with Crippen LogP contribution in [-0.2, 0) is 14.3 Å². The minimum atomic E-state index is -0.353. The van der Waals surface area contributed by atoms with E-state index in [1.54, 1.807) is 19.2 Å². The van der Waals surface area contributed by atoms with Gasteiger partial charge in [-0.3, -0.25) is 4.79 Å². The van der Waals surface area contributed by atoms with Crippen molar-refractivity contribution >= 4 is 11.6 Å². The van der Waals surface area contributed by atoms with Gasteiger partial charge in [-0.25, -0.2) is 0 Å². The number of hydrogen-bond donors (Lipinski definition) is 1. The number of hydrogen-bond acceptors (Lipinski definition) is 4. The number of anilines is 1. The molecule has 0 unspecified atom stereocenters. The molecule has 5 heteroatoms. The summed E-state index contributed by atoms with van der Waals surface area (Å²) in [6.07, 6.45) is 1.31. The minimum absolute atomic E-state index is 0.169. The summed E-state index contributed by atoms with van der Waals surface area (Å²) in [5, 5.41) is 2.69. The second kappa shape index (κ2) is 5.25. The van der Waals surface area contributed by atoms with Gasteiger partial charge in [-0.2, -0.15) is 0 Å². The van der Waals surface area contributed by atoms with Crippen LogP contribution in [0.1, 0.15) is 0 Å². The molecule has 0 atom stereocenters. The smallest absolute Gasteiger partial charge is 0.294 e. The molecule has 0 saturated carbocycles. The molecule has 90 valence electrons. The fourth-order valence-corrected chi connectivity index (χ4v) is 1.42. The quantitative estimate of drug-likeness (QED) is 0.863. The molecular formula is C12H13NO4. The predicted molar refractivity (Wildman–Crippen MR) is 61.6 cm³/mol. The van der Waals surface area contributed by atoms with Crippen molar-refractivity contribution in [1.29, 1.82) is 0 Å². The Kier molecular flexibility index (Phi) is 3.49. The zero-order valence-electron chi connectivity index (χ0n) is 9.43. The average Bonchev–Trinajstić information content (AvgIpc) is 2.40. The van der Waals surface area contributed by atoms with Crippen LogP contribution < -0.4 is 10.1 Å². The van der Waals surface area contributed by atoms with Gasteiger partial charge in [0.05, 0.1) is 12.8 Å². The molecule has 0 aromatic heterocycles. The van der Waals surface area contributed by atoms with Gasteiger partial charge in [0, 0.05) is 0 Å². The predicted octanol–water partition coefficient (Wildman–Crippen LogP) is 1.52. The summed E-state index contributed by atoms with van der Waals surface area (Å²) in [7, 11) is 1.55. The maximum atomic E-state index is 11.8. The van der Waals surface area contributed by atoms with Crippen molar-refractivity contribution in [3.8, 4) is 5.75 Å². The highest BCUT2D eigenvalue weighted by molar-refractivity contribution is 6.02. The average molecular weight is 235 g/mol. The largest absolute Gasteiger partial charge is 0.495 e. The van der Waals surface area contributed by atoms with Crippen LogP contribution in [0, 0.1) is 0 Å². The minimum Gasteiger partial charge on any atom is -0.495 e. The lowest BCUT2D eigenvalue weighted by molar-refractivity contribution is -0.117. The third kappa shape index (κ3) is 2.69. The topological polar surface area (TPSA) is 56.8 Å². The van der Waals surface area contributed by atoms with E-state index < -0.39 is 0 Å². The number of amides is 1. The lowest BCUT2D eigenvalue weighted by atomic mass is 10.3. The lowest BCUT2D eigenvalue weighted by Crippen LogP contribution is -2.21. The van der Waals surface area contributed by atoms with Crippen LogP contribution in [0.25, 0.3) is 0 Å². The molecule has 1 aliphatic heterocycles. The molecule has 0 bridgehead atoms. The third-order valence-corrected chi connectivity index (χ3v) is 2.23. The molecule has 1 heterocycles. The Hall–Kier alpha value is -2.17. The molecule has 1 aromatic carbocycles. The summed E-state index contributed by atoms with van der Waals surface area (Å²) in [6, 6.07) is 7.15. The van der Waals surface area contributed by atoms with E-state index in [1.807, 2.05) is 12.1 Å². The molecular weight excluding hydrogens is 222 g/mol. The Morgan fingerprint density at radius 1 is 1.35 bits per heavy atom. The van der Waals surface area contributed by atoms with E-state index in [2.05, 4.69) is 5.32 Å². The van der Waals surface area contributed by atoms with Crippen LogP contribution in [-0.4, -0.2) is 26.2 Å². The van der Waals surface area contributed by atoms with Gasteiger partial charge in [0.25, 0.3) is 5.91 Å². The standard InChI is InChI=1S/C12H13NO4/c1-15-10-5-3-2-4-9(10)13-12(14)11-8-16-6-7-17-11/h2-5,8H,6-7H2,1H3,(H,13,14). The summed E-state index contributed by atoms with van der Waals surface area (Å²) in [4.78, 5) is 11.8. The van der Waals surface area contributed by atoms with Gasteiger partial charge in [-0.05, 0) is 12.1 Å². The summed E-state index contributed by atoms with van der Waals surface area (Å²) < 4.78 is 15.3. The maximum absolute atomic E-state index is 11.8. The first-order valence-electron chi connectivity index (χ1n) is 5.20. The molecule has 1 aromatic rings. The highest BCUT2D eigenvalue weighted by Gasteiger charge is 2.16. The third-order valence-electron chi connectivity index (χ3n) is 2.23. The molecule has 0 aliphatic carbocycles. The van der Waals surface area contributed by atoms with Crippen LogP contribution >= 0.6 is 0 Å². The van der Waals surface area contributed by atoms with E-state index in [0.29, 0.717) is 24.7 Å². The van der Waals surface area contributed by atoms with Crippen molar-refractivity contribution in [3.05, 3.63) is 36.3 Å². The van der Waals surface area contributed by atoms with Crippen molar-refractivity contribution in [3.63, 3.8) is 0 Å². The van der Waals surface area contributed by atoms with Crippen LogP contribution in [0.5, 0.6) is 5.75 Å². The Morgan fingerprint density at radius 3 is 2.88 bits per heavy atom. The SMILES string of the molecule is COc1ccccc1NC(=O)C1=COCCO1. The molecule has 0 spiro atoms. The zero-order chi connectivity index (χ0) is 12.1. The number of carbonyl (C=O) groups is 1. The number of nitrogens with one attached hydrogen (secondary N) is 1. The van der Waals surface area contributed by atoms with Gasteiger partial charge in [-0.15, -0.1) is 0 Å². The first-order valence-corrected chi connectivity index (χ1v) is 5.20. The number of para-hydroxylation sites is 2. The Morgan fingerprint density at radius 2 is 2.18 bits per heavy atom. The van der Waals surface area contributed by atoms with E-state index in [1.165, 1.54) is 6.26 Å². The first kappa shape index (κ1) is 11.3. The second-order valence-corrected chi connectivity index (χ2v) is 3.36. The Balaban J connectivity index is 2.09. The molecule has 1 aliphatic rings. The first-order chi connectivity index (χ1) is 8.31. The highest BCUT2D eigenvalue weighted by Crippen LogP contribution is 2.23. The molecule has 17 heavy (non-hydrogen) atoms. The van der Waals surface area contributed by atoms with Gasteiger partial charge < -0.3 is 19.5 Å². The molecule has 2 rings (SSSR count). The Bertz CT molecular complexity index is 442. The van der Waals surface area contributed by atoms with E-state index in [-0.39, 0.29) is 11.7 Å². The molecule has 0 fully saturated rings. The van der Waals surface area contributed by atoms with Crippen LogP contribution in [0.2, 0.25) is 0 Å². The molecule has 0 radical (unpaired) electrons. The van der Waals surface area contributed by atoms with Crippen LogP contribution in [0.3, 0.4) is 0 Å². The summed E-state index contributed by atoms with van der Waals surface area (Å²) >= 11 is 0. The molecule has 5 nitrogen and oxygen atoms in total. The van der Waals surface area contributed by atoms with Gasteiger partial charge >= 0.3 is 0 Å². The summed E-state index contributed by atoms with van der Waals surface area (Å²) in [5.41, 5.74) is 0.593. The maximum Gasteiger partial charge on any atom is 0.294 e. The second-order valence-electron chi connectivity index (χ2n) is 3.36. The van der Waals surface area contributed by atoms with Gasteiger partial charge in [0.15, 0.2) is 0 Å². The van der Waals surface area contributed by atoms with Crippen molar-refractivity contribution in [2.45, 2.75) is 0 Å². The number of carbonyl (C=O) groups excluding carboxylic acids is 1. The van der Waals surface area contributed by atoms with Crippen molar-refractivity contribution in [2.75, 3.05) is 25.6 Å². The zero-order valence-corrected chi connectivity index (χ0v) is 9.43. The van der Waals surface area contributed by atoms with E-state index in [9.17, 15) is 4.79 Å². The molecule has 1 N–H and O–H groups in total. The number of methoxy groups -OCH3 is 1. The van der Waals surface area contributed by atoms with Crippen LogP contribution in [0.15, 0.2) is 36.3 Å². The van der Waals surface area contributed by atoms with E-state index in [0.717, 1.165) is 0 Å². The molecule has 0 saturated heterocycles. The van der Waals surface area contributed by atoms with Crippen molar-refractivity contribution in [1.82, 2.24) is 0 Å². The number of benzene rings is 1. The van der Waals surface area contributed by atoms with Gasteiger partial charge in [-0.1, -0.05) is 12.1 Å². The Labute approximate surface area is 99.0 Å². The van der Waals surface area contributed by atoms with Gasteiger partial charge in [0.2, 0.25) is 5.76 Å². The van der Waals surface area contributed by atoms with Crippen molar-refractivity contribution < 1.29 is 19.0 Å². The van der Waals surface area contributed by atoms with Crippen molar-refractivity contribution in [2.24, 2.45) is 0 Å². The number of rotatable bonds is 3. The summed E-state index contributed by atoms with van der Waals surface area (Å²) in [5.74, 6) is 0.412. The fraction of sp³-hybridized carbons (Fsp3) is 0.250. The summed E-state index contributed by atoms with van der Waals surface area (Å²) in [6.45, 7) is 0.844. The monoisotopic (exact) mass is 235 g/mol. The lowest BCUT2D eigenvalue weighted by Gasteiger charge is -2.15. The fourth-order valence-electron chi connectivity index (χ4n) is 1.42. The van der Waals surface area contributed by atoms with E-state index in [4.69, 9.17) is 14.2 Å². The van der Waals surface area contributed by atoms with E-state index >= 15 is 0 Å². The number of ether oxygens (including phenoxy) is 3. The van der Waals surface area contributed by atoms with Crippen LogP contribution in [0.4, 0.5) is 5.69 Å². The van der Waals surface area contributed by atoms with Gasteiger partial charge in [0.1, 0.15) is 25.2 Å². The molecule has 1 amide bonds.